The fourth-order valence-electron chi connectivity index (χ4n) is 2.01. The number of nitro groups is 1. The molecule has 0 bridgehead atoms. The Bertz CT molecular complexity index is 621. The Morgan fingerprint density at radius 2 is 2.12 bits per heavy atom. The number of hydrogen-bond donors (Lipinski definition) is 4. The minimum Gasteiger partial charge on any atom is -0.494 e. The smallest absolute Gasteiger partial charge is 0.321 e. The summed E-state index contributed by atoms with van der Waals surface area (Å²) < 4.78 is 5.18. The molecule has 1 aromatic carbocycles. The Labute approximate surface area is 143 Å². The number of nitro benzene ring substituents is 1. The lowest BCUT2D eigenvalue weighted by Gasteiger charge is -2.14. The Hall–Kier alpha value is -2.72. The number of carboxylic acids is 1. The molecule has 0 spiro atoms. The lowest BCUT2D eigenvalue weighted by molar-refractivity contribution is -0.384. The second-order valence-corrected chi connectivity index (χ2v) is 5.04. The normalized spacial score (nSPS) is 11.6. The van der Waals surface area contributed by atoms with E-state index in [-0.39, 0.29) is 24.5 Å². The molecule has 1 unspecified atom stereocenters. The third kappa shape index (κ3) is 6.73. The molecular formula is C15H21N3O7. The van der Waals surface area contributed by atoms with Crippen LogP contribution in [0.2, 0.25) is 0 Å². The second-order valence-electron chi connectivity index (χ2n) is 5.04. The van der Waals surface area contributed by atoms with Crippen LogP contribution in [0.5, 0.6) is 5.75 Å². The van der Waals surface area contributed by atoms with Gasteiger partial charge >= 0.3 is 5.97 Å². The zero-order chi connectivity index (χ0) is 18.8. The first-order valence-electron chi connectivity index (χ1n) is 7.67. The highest BCUT2D eigenvalue weighted by atomic mass is 16.6. The molecule has 1 rings (SSSR count). The van der Waals surface area contributed by atoms with E-state index in [1.54, 1.807) is 6.92 Å². The highest BCUT2D eigenvalue weighted by Crippen LogP contribution is 2.29. The summed E-state index contributed by atoms with van der Waals surface area (Å²) in [5.41, 5.74) is -0.391. The van der Waals surface area contributed by atoms with E-state index in [1.165, 1.54) is 18.2 Å². The Balaban J connectivity index is 2.80. The summed E-state index contributed by atoms with van der Waals surface area (Å²) in [6, 6.07) is 2.83. The van der Waals surface area contributed by atoms with Gasteiger partial charge in [-0.05, 0) is 32.0 Å². The predicted molar refractivity (Wildman–Crippen MR) is 88.6 cm³/mol. The second kappa shape index (κ2) is 10.2. The monoisotopic (exact) mass is 355 g/mol. The highest BCUT2D eigenvalue weighted by molar-refractivity contribution is 5.95. The number of nitrogens with zero attached hydrogens (tertiary/aromatic N) is 1. The molecule has 25 heavy (non-hydrogen) atoms. The van der Waals surface area contributed by atoms with E-state index in [0.29, 0.717) is 18.8 Å². The maximum Gasteiger partial charge on any atom is 0.321 e. The number of rotatable bonds is 11. The molecule has 0 heterocycles. The summed E-state index contributed by atoms with van der Waals surface area (Å²) >= 11 is 0. The van der Waals surface area contributed by atoms with Gasteiger partial charge in [-0.15, -0.1) is 0 Å². The molecule has 0 fully saturated rings. The summed E-state index contributed by atoms with van der Waals surface area (Å²) in [7, 11) is 0. The molecule has 0 saturated heterocycles. The maximum absolute atomic E-state index is 12.0. The third-order valence-corrected chi connectivity index (χ3v) is 3.16. The summed E-state index contributed by atoms with van der Waals surface area (Å²) in [5.74, 6) is -1.62. The van der Waals surface area contributed by atoms with Crippen molar-refractivity contribution in [3.05, 3.63) is 28.3 Å². The number of carbonyl (C=O) groups excluding carboxylic acids is 1. The first-order valence-corrected chi connectivity index (χ1v) is 7.67. The van der Waals surface area contributed by atoms with Crippen LogP contribution in [0.4, 0.5) is 11.4 Å². The number of carboxylic acid groups (broad SMARTS) is 1. The maximum atomic E-state index is 12.0. The van der Waals surface area contributed by atoms with E-state index < -0.39 is 29.3 Å². The van der Waals surface area contributed by atoms with Gasteiger partial charge in [-0.2, -0.15) is 0 Å². The molecule has 0 aliphatic heterocycles. The van der Waals surface area contributed by atoms with E-state index in [9.17, 15) is 19.7 Å². The number of aliphatic hydroxyl groups is 1. The van der Waals surface area contributed by atoms with Crippen LogP contribution < -0.4 is 15.4 Å². The van der Waals surface area contributed by atoms with Crippen molar-refractivity contribution in [1.82, 2.24) is 5.32 Å². The molecule has 1 atom stereocenters. The van der Waals surface area contributed by atoms with Crippen LogP contribution in [0, 0.1) is 10.1 Å². The van der Waals surface area contributed by atoms with Gasteiger partial charge in [0.15, 0.2) is 0 Å². The van der Waals surface area contributed by atoms with Crippen molar-refractivity contribution >= 4 is 23.3 Å². The predicted octanol–water partition coefficient (Wildman–Crippen LogP) is 0.747. The number of benzene rings is 1. The third-order valence-electron chi connectivity index (χ3n) is 3.16. The van der Waals surface area contributed by atoms with Crippen LogP contribution in [0.1, 0.15) is 19.8 Å². The van der Waals surface area contributed by atoms with Crippen LogP contribution in [-0.2, 0) is 9.59 Å². The van der Waals surface area contributed by atoms with E-state index >= 15 is 0 Å². The zero-order valence-corrected chi connectivity index (χ0v) is 13.7. The number of hydrogen-bond acceptors (Lipinski definition) is 7. The van der Waals surface area contributed by atoms with Crippen LogP contribution in [-0.4, -0.2) is 52.8 Å². The van der Waals surface area contributed by atoms with E-state index in [4.69, 9.17) is 14.9 Å². The Morgan fingerprint density at radius 1 is 1.40 bits per heavy atom. The highest BCUT2D eigenvalue weighted by Gasteiger charge is 2.23. The number of ether oxygens (including phenoxy) is 1. The first-order chi connectivity index (χ1) is 11.9. The number of nitrogens with one attached hydrogen (secondary N) is 2. The summed E-state index contributed by atoms with van der Waals surface area (Å²) in [4.78, 5) is 33.6. The standard InChI is InChI=1S/C15H21N3O7/c1-2-25-10-4-5-11(13(8-10)18(23)24)17-14(20)9-12(15(21)22)16-6-3-7-19/h4-5,8,12,16,19H,2-3,6-7,9H2,1H3,(H,17,20)(H,21,22). The van der Waals surface area contributed by atoms with Crippen molar-refractivity contribution < 1.29 is 29.5 Å². The number of carbonyl (C=O) groups is 2. The van der Waals surface area contributed by atoms with Crippen LogP contribution in [0.25, 0.3) is 0 Å². The minimum atomic E-state index is -1.23. The van der Waals surface area contributed by atoms with Crippen molar-refractivity contribution in [1.29, 1.82) is 0 Å². The molecule has 1 aromatic rings. The molecule has 0 saturated carbocycles. The number of aliphatic carboxylic acids is 1. The molecule has 1 amide bonds. The first kappa shape index (κ1) is 20.3. The number of aliphatic hydroxyl groups excluding tert-OH is 1. The van der Waals surface area contributed by atoms with Gasteiger partial charge in [0, 0.05) is 6.61 Å². The topological polar surface area (TPSA) is 151 Å². The van der Waals surface area contributed by atoms with Crippen molar-refractivity contribution in [3.8, 4) is 5.75 Å². The summed E-state index contributed by atoms with van der Waals surface area (Å²) in [6.07, 6.45) is -0.0686. The summed E-state index contributed by atoms with van der Waals surface area (Å²) in [5, 5.41) is 33.9. The van der Waals surface area contributed by atoms with Crippen LogP contribution in [0.15, 0.2) is 18.2 Å². The van der Waals surface area contributed by atoms with E-state index in [0.717, 1.165) is 0 Å². The van der Waals surface area contributed by atoms with Crippen molar-refractivity contribution in [2.75, 3.05) is 25.1 Å². The number of anilines is 1. The molecule has 0 aliphatic carbocycles. The van der Waals surface area contributed by atoms with Gasteiger partial charge in [-0.25, -0.2) is 0 Å². The van der Waals surface area contributed by atoms with E-state index in [2.05, 4.69) is 10.6 Å². The average molecular weight is 355 g/mol. The fourth-order valence-corrected chi connectivity index (χ4v) is 2.01. The Morgan fingerprint density at radius 3 is 2.68 bits per heavy atom. The van der Waals surface area contributed by atoms with Gasteiger partial charge in [-0.3, -0.25) is 19.7 Å². The fraction of sp³-hybridized carbons (Fsp3) is 0.467. The quantitative estimate of drug-likeness (QED) is 0.258. The average Bonchev–Trinajstić information content (AvgIpc) is 2.55. The van der Waals surface area contributed by atoms with Gasteiger partial charge in [0.1, 0.15) is 17.5 Å². The Kier molecular flexibility index (Phi) is 8.30. The molecule has 10 heteroatoms. The molecule has 4 N–H and O–H groups in total. The zero-order valence-electron chi connectivity index (χ0n) is 13.7. The van der Waals surface area contributed by atoms with Crippen molar-refractivity contribution in [2.45, 2.75) is 25.8 Å². The van der Waals surface area contributed by atoms with Crippen LogP contribution >= 0.6 is 0 Å². The summed E-state index contributed by atoms with van der Waals surface area (Å²) in [6.45, 7) is 2.19. The van der Waals surface area contributed by atoms with Gasteiger partial charge < -0.3 is 25.6 Å². The van der Waals surface area contributed by atoms with Gasteiger partial charge in [0.2, 0.25) is 5.91 Å². The van der Waals surface area contributed by atoms with Crippen LogP contribution in [0.3, 0.4) is 0 Å². The molecule has 0 radical (unpaired) electrons. The lowest BCUT2D eigenvalue weighted by atomic mass is 10.1. The molecule has 138 valence electrons. The molecule has 0 aliphatic rings. The molecule has 10 nitrogen and oxygen atoms in total. The lowest BCUT2D eigenvalue weighted by Crippen LogP contribution is -2.40. The van der Waals surface area contributed by atoms with Crippen molar-refractivity contribution in [3.63, 3.8) is 0 Å². The van der Waals surface area contributed by atoms with Gasteiger partial charge in [-0.1, -0.05) is 0 Å². The van der Waals surface area contributed by atoms with Gasteiger partial charge in [0.05, 0.1) is 24.0 Å². The molecule has 0 aromatic heterocycles. The largest absolute Gasteiger partial charge is 0.494 e. The minimum absolute atomic E-state index is 0.0436. The van der Waals surface area contributed by atoms with Gasteiger partial charge in [0.25, 0.3) is 5.69 Å². The SMILES string of the molecule is CCOc1ccc(NC(=O)CC(NCCCO)C(=O)O)c([N+](=O)[O-])c1. The molecular weight excluding hydrogens is 334 g/mol. The van der Waals surface area contributed by atoms with Crippen molar-refractivity contribution in [2.24, 2.45) is 0 Å². The number of amides is 1. The van der Waals surface area contributed by atoms with E-state index in [1.807, 2.05) is 0 Å².